The lowest BCUT2D eigenvalue weighted by Crippen LogP contribution is -2.36. The molecule has 1 aliphatic heterocycles. The second-order valence-electron chi connectivity index (χ2n) is 7.01. The second-order valence-corrected chi connectivity index (χ2v) is 7.01. The van der Waals surface area contributed by atoms with Crippen molar-refractivity contribution in [2.24, 2.45) is 0 Å². The SMILES string of the molecule is CCC(CN(C=O)c1cncn(C2CCNC2)c1=O)c1c(F)cc(OC)cc1F. The Kier molecular flexibility index (Phi) is 6.58. The number of hydrogen-bond donors (Lipinski definition) is 1. The van der Waals surface area contributed by atoms with Crippen molar-refractivity contribution >= 4 is 12.1 Å². The third-order valence-corrected chi connectivity index (χ3v) is 5.31. The fourth-order valence-electron chi connectivity index (χ4n) is 3.68. The lowest BCUT2D eigenvalue weighted by Gasteiger charge is -2.25. The van der Waals surface area contributed by atoms with E-state index in [0.29, 0.717) is 19.4 Å². The molecule has 29 heavy (non-hydrogen) atoms. The van der Waals surface area contributed by atoms with E-state index in [0.717, 1.165) is 25.1 Å². The van der Waals surface area contributed by atoms with Crippen LogP contribution in [0, 0.1) is 11.6 Å². The standard InChI is InChI=1S/C20H24F2N4O3/c1-3-13(19-16(21)6-15(29-2)7-17(19)22)10-25(12-27)18-9-24-11-26(20(18)28)14-4-5-23-8-14/h6-7,9,11-14,23H,3-5,8,10H2,1-2H3. The molecule has 7 nitrogen and oxygen atoms in total. The van der Waals surface area contributed by atoms with Gasteiger partial charge in [0.15, 0.2) is 0 Å². The van der Waals surface area contributed by atoms with Gasteiger partial charge < -0.3 is 15.0 Å². The highest BCUT2D eigenvalue weighted by Crippen LogP contribution is 2.30. The van der Waals surface area contributed by atoms with E-state index in [2.05, 4.69) is 10.3 Å². The van der Waals surface area contributed by atoms with Crippen molar-refractivity contribution in [2.45, 2.75) is 31.7 Å². The fraction of sp³-hybridized carbons (Fsp3) is 0.450. The zero-order valence-corrected chi connectivity index (χ0v) is 16.4. The zero-order valence-electron chi connectivity index (χ0n) is 16.4. The van der Waals surface area contributed by atoms with Crippen molar-refractivity contribution < 1.29 is 18.3 Å². The van der Waals surface area contributed by atoms with Crippen molar-refractivity contribution in [2.75, 3.05) is 31.6 Å². The highest BCUT2D eigenvalue weighted by molar-refractivity contribution is 5.74. The van der Waals surface area contributed by atoms with Gasteiger partial charge in [0.1, 0.15) is 23.1 Å². The number of nitrogens with one attached hydrogen (secondary N) is 1. The summed E-state index contributed by atoms with van der Waals surface area (Å²) in [4.78, 5) is 29.9. The number of methoxy groups -OCH3 is 1. The Labute approximate surface area is 167 Å². The van der Waals surface area contributed by atoms with E-state index in [-0.39, 0.29) is 35.1 Å². The molecule has 1 fully saturated rings. The average Bonchev–Trinajstić information content (AvgIpc) is 3.25. The molecular weight excluding hydrogens is 382 g/mol. The number of aromatic nitrogens is 2. The number of ether oxygens (including phenoxy) is 1. The molecule has 9 heteroatoms. The van der Waals surface area contributed by atoms with Crippen LogP contribution >= 0.6 is 0 Å². The van der Waals surface area contributed by atoms with Crippen LogP contribution in [0.4, 0.5) is 14.5 Å². The summed E-state index contributed by atoms with van der Waals surface area (Å²) in [5.74, 6) is -2.07. The maximum atomic E-state index is 14.5. The van der Waals surface area contributed by atoms with Crippen LogP contribution in [0.2, 0.25) is 0 Å². The van der Waals surface area contributed by atoms with E-state index in [1.54, 1.807) is 6.92 Å². The van der Waals surface area contributed by atoms with Gasteiger partial charge in [-0.05, 0) is 19.4 Å². The molecule has 1 aromatic carbocycles. The average molecular weight is 406 g/mol. The first-order chi connectivity index (χ1) is 14.0. The highest BCUT2D eigenvalue weighted by Gasteiger charge is 2.25. The van der Waals surface area contributed by atoms with Gasteiger partial charge in [0.25, 0.3) is 5.56 Å². The number of amides is 1. The van der Waals surface area contributed by atoms with E-state index in [4.69, 9.17) is 4.74 Å². The largest absolute Gasteiger partial charge is 0.497 e. The molecule has 3 rings (SSSR count). The van der Waals surface area contributed by atoms with E-state index in [1.807, 2.05) is 0 Å². The van der Waals surface area contributed by atoms with E-state index in [1.165, 1.54) is 29.1 Å². The van der Waals surface area contributed by atoms with Crippen molar-refractivity contribution in [1.29, 1.82) is 0 Å². The zero-order chi connectivity index (χ0) is 21.0. The third-order valence-electron chi connectivity index (χ3n) is 5.31. The topological polar surface area (TPSA) is 76.5 Å². The van der Waals surface area contributed by atoms with Gasteiger partial charge >= 0.3 is 0 Å². The van der Waals surface area contributed by atoms with Crippen LogP contribution in [-0.4, -0.2) is 42.7 Å². The third kappa shape index (κ3) is 4.29. The number of nitrogens with zero attached hydrogens (tertiary/aromatic N) is 3. The monoisotopic (exact) mass is 406 g/mol. The molecule has 1 N–H and O–H groups in total. The first-order valence-corrected chi connectivity index (χ1v) is 9.51. The Morgan fingerprint density at radius 1 is 1.41 bits per heavy atom. The van der Waals surface area contributed by atoms with Crippen molar-refractivity contribution in [3.63, 3.8) is 0 Å². The number of carbonyl (C=O) groups is 1. The Balaban J connectivity index is 1.92. The Morgan fingerprint density at radius 2 is 2.14 bits per heavy atom. The van der Waals surface area contributed by atoms with E-state index >= 15 is 0 Å². The summed E-state index contributed by atoms with van der Waals surface area (Å²) < 4.78 is 35.4. The van der Waals surface area contributed by atoms with Gasteiger partial charge in [-0.25, -0.2) is 13.8 Å². The molecule has 1 aromatic heterocycles. The number of halogens is 2. The van der Waals surface area contributed by atoms with Gasteiger partial charge in [-0.2, -0.15) is 0 Å². The number of rotatable bonds is 8. The number of anilines is 1. The summed E-state index contributed by atoms with van der Waals surface area (Å²) in [6, 6.07) is 2.18. The minimum Gasteiger partial charge on any atom is -0.497 e. The molecule has 0 aliphatic carbocycles. The summed E-state index contributed by atoms with van der Waals surface area (Å²) in [6.07, 6.45) is 4.41. The molecule has 0 radical (unpaired) electrons. The van der Waals surface area contributed by atoms with Gasteiger partial charge in [-0.15, -0.1) is 0 Å². The first kappa shape index (κ1) is 20.9. The molecular formula is C20H24F2N4O3. The smallest absolute Gasteiger partial charge is 0.277 e. The second kappa shape index (κ2) is 9.13. The van der Waals surface area contributed by atoms with Crippen LogP contribution in [-0.2, 0) is 4.79 Å². The van der Waals surface area contributed by atoms with Crippen LogP contribution in [0.5, 0.6) is 5.75 Å². The number of hydrogen-bond acceptors (Lipinski definition) is 5. The van der Waals surface area contributed by atoms with Crippen molar-refractivity contribution in [1.82, 2.24) is 14.9 Å². The normalized spacial score (nSPS) is 17.2. The van der Waals surface area contributed by atoms with Crippen molar-refractivity contribution in [3.05, 3.63) is 52.2 Å². The minimum atomic E-state index is -0.750. The molecule has 156 valence electrons. The van der Waals surface area contributed by atoms with Gasteiger partial charge in [0.05, 0.1) is 25.7 Å². The van der Waals surface area contributed by atoms with Crippen LogP contribution < -0.4 is 20.5 Å². The molecule has 2 heterocycles. The summed E-state index contributed by atoms with van der Waals surface area (Å²) in [5, 5.41) is 3.18. The summed E-state index contributed by atoms with van der Waals surface area (Å²) in [6.45, 7) is 3.16. The highest BCUT2D eigenvalue weighted by atomic mass is 19.1. The van der Waals surface area contributed by atoms with Crippen molar-refractivity contribution in [3.8, 4) is 5.75 Å². The van der Waals surface area contributed by atoms with Gasteiger partial charge in [-0.1, -0.05) is 6.92 Å². The first-order valence-electron chi connectivity index (χ1n) is 9.51. The Hall–Kier alpha value is -2.81. The predicted octanol–water partition coefficient (Wildman–Crippen LogP) is 2.22. The maximum absolute atomic E-state index is 14.5. The quantitative estimate of drug-likeness (QED) is 0.681. The molecule has 1 amide bonds. The van der Waals surface area contributed by atoms with E-state index < -0.39 is 17.6 Å². The van der Waals surface area contributed by atoms with Crippen LogP contribution in [0.25, 0.3) is 0 Å². The number of carbonyl (C=O) groups excluding carboxylic acids is 1. The summed E-state index contributed by atoms with van der Waals surface area (Å²) in [5.41, 5.74) is -0.405. The molecule has 1 saturated heterocycles. The lowest BCUT2D eigenvalue weighted by molar-refractivity contribution is -0.107. The fourth-order valence-corrected chi connectivity index (χ4v) is 3.68. The molecule has 0 saturated carbocycles. The van der Waals surface area contributed by atoms with Crippen LogP contribution in [0.1, 0.15) is 37.3 Å². The van der Waals surface area contributed by atoms with Gasteiger partial charge in [-0.3, -0.25) is 14.2 Å². The molecule has 0 spiro atoms. The summed E-state index contributed by atoms with van der Waals surface area (Å²) >= 11 is 0. The summed E-state index contributed by atoms with van der Waals surface area (Å²) in [7, 11) is 1.33. The van der Waals surface area contributed by atoms with E-state index in [9.17, 15) is 18.4 Å². The lowest BCUT2D eigenvalue weighted by atomic mass is 9.94. The minimum absolute atomic E-state index is 0.0399. The molecule has 2 atom stereocenters. The van der Waals surface area contributed by atoms with Crippen LogP contribution in [0.15, 0.2) is 29.5 Å². The molecule has 0 bridgehead atoms. The predicted molar refractivity (Wildman–Crippen MR) is 104 cm³/mol. The molecule has 1 aliphatic rings. The Bertz CT molecular complexity index is 905. The van der Waals surface area contributed by atoms with Gasteiger partial charge in [0, 0.05) is 36.7 Å². The molecule has 2 unspecified atom stereocenters. The number of benzene rings is 1. The Morgan fingerprint density at radius 3 is 2.69 bits per heavy atom. The van der Waals surface area contributed by atoms with Gasteiger partial charge in [0.2, 0.25) is 6.41 Å². The molecule has 2 aromatic rings. The van der Waals surface area contributed by atoms with Crippen LogP contribution in [0.3, 0.4) is 0 Å². The maximum Gasteiger partial charge on any atom is 0.277 e.